The summed E-state index contributed by atoms with van der Waals surface area (Å²) in [5.41, 5.74) is 4.11. The number of nitrogens with one attached hydrogen (secondary N) is 3. The second-order valence-electron chi connectivity index (χ2n) is 5.16. The SMILES string of the molecule is C=C1Cc2cc(NC(=O)Nc3ccc([N+](=O)[O-])cc3)ccc2N1. The molecule has 0 radical (unpaired) electrons. The molecule has 7 nitrogen and oxygen atoms in total. The van der Waals surface area contributed by atoms with Crippen LogP contribution in [0.25, 0.3) is 0 Å². The zero-order valence-corrected chi connectivity index (χ0v) is 12.1. The van der Waals surface area contributed by atoms with Gasteiger partial charge in [0.1, 0.15) is 0 Å². The molecule has 116 valence electrons. The summed E-state index contributed by atoms with van der Waals surface area (Å²) in [6.07, 6.45) is 0.731. The summed E-state index contributed by atoms with van der Waals surface area (Å²) in [6.45, 7) is 3.88. The van der Waals surface area contributed by atoms with Gasteiger partial charge in [-0.3, -0.25) is 10.1 Å². The molecular weight excluding hydrogens is 296 g/mol. The van der Waals surface area contributed by atoms with E-state index in [1.54, 1.807) is 6.07 Å². The number of carbonyl (C=O) groups excluding carboxylic acids is 1. The summed E-state index contributed by atoms with van der Waals surface area (Å²) in [7, 11) is 0. The van der Waals surface area contributed by atoms with Crippen LogP contribution in [0.4, 0.5) is 27.5 Å². The summed E-state index contributed by atoms with van der Waals surface area (Å²) < 4.78 is 0. The molecule has 0 unspecified atom stereocenters. The van der Waals surface area contributed by atoms with Crippen molar-refractivity contribution in [2.75, 3.05) is 16.0 Å². The van der Waals surface area contributed by atoms with Crippen molar-refractivity contribution in [2.24, 2.45) is 0 Å². The number of non-ortho nitro benzene ring substituents is 1. The molecule has 2 aromatic carbocycles. The Morgan fingerprint density at radius 2 is 1.78 bits per heavy atom. The highest BCUT2D eigenvalue weighted by atomic mass is 16.6. The zero-order valence-electron chi connectivity index (χ0n) is 12.1. The standard InChI is InChI=1S/C16H14N4O3/c1-10-8-11-9-13(4-7-15(11)17-10)19-16(21)18-12-2-5-14(6-3-12)20(22)23/h2-7,9,17H,1,8H2,(H2,18,19,21). The van der Waals surface area contributed by atoms with Gasteiger partial charge in [-0.15, -0.1) is 0 Å². The van der Waals surface area contributed by atoms with E-state index in [0.29, 0.717) is 11.4 Å². The monoisotopic (exact) mass is 310 g/mol. The molecule has 0 spiro atoms. The lowest BCUT2D eigenvalue weighted by Gasteiger charge is -2.09. The van der Waals surface area contributed by atoms with Crippen LogP contribution >= 0.6 is 0 Å². The Hall–Kier alpha value is -3.35. The fourth-order valence-corrected chi connectivity index (χ4v) is 2.36. The number of carbonyl (C=O) groups is 1. The van der Waals surface area contributed by atoms with Gasteiger partial charge in [-0.2, -0.15) is 0 Å². The Morgan fingerprint density at radius 3 is 2.48 bits per heavy atom. The van der Waals surface area contributed by atoms with Crippen LogP contribution in [0, 0.1) is 10.1 Å². The topological polar surface area (TPSA) is 96.3 Å². The first-order valence-corrected chi connectivity index (χ1v) is 6.91. The third-order valence-electron chi connectivity index (χ3n) is 3.41. The van der Waals surface area contributed by atoms with Crippen LogP contribution in [-0.4, -0.2) is 11.0 Å². The number of nitrogens with zero attached hydrogens (tertiary/aromatic N) is 1. The molecular formula is C16H14N4O3. The fraction of sp³-hybridized carbons (Fsp3) is 0.0625. The van der Waals surface area contributed by atoms with Gasteiger partial charge in [0.05, 0.1) is 4.92 Å². The number of nitro benzene ring substituents is 1. The van der Waals surface area contributed by atoms with Crippen LogP contribution in [-0.2, 0) is 6.42 Å². The van der Waals surface area contributed by atoms with Crippen molar-refractivity contribution in [3.05, 3.63) is 70.4 Å². The maximum absolute atomic E-state index is 12.0. The highest BCUT2D eigenvalue weighted by Gasteiger charge is 2.14. The molecule has 0 bridgehead atoms. The molecule has 2 amide bonds. The van der Waals surface area contributed by atoms with Crippen molar-refractivity contribution in [2.45, 2.75) is 6.42 Å². The number of anilines is 3. The van der Waals surface area contributed by atoms with E-state index in [9.17, 15) is 14.9 Å². The van der Waals surface area contributed by atoms with E-state index in [0.717, 1.165) is 23.4 Å². The van der Waals surface area contributed by atoms with Crippen molar-refractivity contribution >= 4 is 28.8 Å². The van der Waals surface area contributed by atoms with Crippen molar-refractivity contribution in [3.63, 3.8) is 0 Å². The Labute approximate surface area is 132 Å². The number of fused-ring (bicyclic) bond motifs is 1. The smallest absolute Gasteiger partial charge is 0.323 e. The van der Waals surface area contributed by atoms with Crippen molar-refractivity contribution in [3.8, 4) is 0 Å². The molecule has 0 aliphatic carbocycles. The number of hydrogen-bond acceptors (Lipinski definition) is 4. The number of hydrogen-bond donors (Lipinski definition) is 3. The lowest BCUT2D eigenvalue weighted by molar-refractivity contribution is -0.384. The third kappa shape index (κ3) is 3.29. The summed E-state index contributed by atoms with van der Waals surface area (Å²) in [5.74, 6) is 0. The molecule has 3 N–H and O–H groups in total. The molecule has 0 aromatic heterocycles. The van der Waals surface area contributed by atoms with Gasteiger partial charge in [-0.05, 0) is 35.9 Å². The summed E-state index contributed by atoms with van der Waals surface area (Å²) in [4.78, 5) is 22.1. The Kier molecular flexibility index (Phi) is 3.68. The number of nitro groups is 1. The number of amides is 2. The second kappa shape index (κ2) is 5.80. The molecule has 0 saturated carbocycles. The molecule has 23 heavy (non-hydrogen) atoms. The first kappa shape index (κ1) is 14.6. The van der Waals surface area contributed by atoms with Gasteiger partial charge in [0.2, 0.25) is 0 Å². The lowest BCUT2D eigenvalue weighted by atomic mass is 10.1. The maximum atomic E-state index is 12.0. The van der Waals surface area contributed by atoms with Crippen molar-refractivity contribution in [1.82, 2.24) is 0 Å². The molecule has 0 fully saturated rings. The molecule has 3 rings (SSSR count). The zero-order chi connectivity index (χ0) is 16.4. The molecule has 7 heteroatoms. The van der Waals surface area contributed by atoms with Crippen LogP contribution in [0.1, 0.15) is 5.56 Å². The van der Waals surface area contributed by atoms with E-state index in [4.69, 9.17) is 0 Å². The minimum Gasteiger partial charge on any atom is -0.359 e. The molecule has 2 aromatic rings. The summed E-state index contributed by atoms with van der Waals surface area (Å²) in [5, 5.41) is 19.1. The fourth-order valence-electron chi connectivity index (χ4n) is 2.36. The van der Waals surface area contributed by atoms with Crippen LogP contribution in [0.15, 0.2) is 54.7 Å². The quantitative estimate of drug-likeness (QED) is 0.594. The molecule has 1 aliphatic heterocycles. The van der Waals surface area contributed by atoms with E-state index in [2.05, 4.69) is 22.5 Å². The predicted molar refractivity (Wildman–Crippen MR) is 88.6 cm³/mol. The van der Waals surface area contributed by atoms with Crippen LogP contribution in [0.3, 0.4) is 0 Å². The van der Waals surface area contributed by atoms with E-state index >= 15 is 0 Å². The Bertz CT molecular complexity index is 799. The number of urea groups is 1. The van der Waals surface area contributed by atoms with Crippen LogP contribution in [0.5, 0.6) is 0 Å². The Balaban J connectivity index is 1.64. The highest BCUT2D eigenvalue weighted by molar-refractivity contribution is 6.00. The van der Waals surface area contributed by atoms with Gasteiger partial charge in [0.25, 0.3) is 5.69 Å². The number of benzene rings is 2. The Morgan fingerprint density at radius 1 is 1.13 bits per heavy atom. The average Bonchev–Trinajstić information content (AvgIpc) is 2.87. The van der Waals surface area contributed by atoms with Gasteiger partial charge >= 0.3 is 6.03 Å². The summed E-state index contributed by atoms with van der Waals surface area (Å²) >= 11 is 0. The van der Waals surface area contributed by atoms with Gasteiger partial charge in [-0.1, -0.05) is 6.58 Å². The highest BCUT2D eigenvalue weighted by Crippen LogP contribution is 2.29. The largest absolute Gasteiger partial charge is 0.359 e. The first-order valence-electron chi connectivity index (χ1n) is 6.91. The van der Waals surface area contributed by atoms with E-state index in [1.165, 1.54) is 24.3 Å². The second-order valence-corrected chi connectivity index (χ2v) is 5.16. The van der Waals surface area contributed by atoms with E-state index in [1.807, 2.05) is 12.1 Å². The maximum Gasteiger partial charge on any atom is 0.323 e. The van der Waals surface area contributed by atoms with Crippen molar-refractivity contribution in [1.29, 1.82) is 0 Å². The van der Waals surface area contributed by atoms with E-state index in [-0.39, 0.29) is 5.69 Å². The van der Waals surface area contributed by atoms with Crippen LogP contribution in [0.2, 0.25) is 0 Å². The van der Waals surface area contributed by atoms with E-state index < -0.39 is 11.0 Å². The van der Waals surface area contributed by atoms with Crippen molar-refractivity contribution < 1.29 is 9.72 Å². The number of rotatable bonds is 3. The lowest BCUT2D eigenvalue weighted by Crippen LogP contribution is -2.19. The van der Waals surface area contributed by atoms with Gasteiger partial charge in [0, 0.05) is 41.3 Å². The molecule has 1 heterocycles. The minimum absolute atomic E-state index is 0.0256. The van der Waals surface area contributed by atoms with Gasteiger partial charge in [0.15, 0.2) is 0 Å². The van der Waals surface area contributed by atoms with Gasteiger partial charge in [-0.25, -0.2) is 4.79 Å². The summed E-state index contributed by atoms with van der Waals surface area (Å²) in [6, 6.07) is 10.8. The minimum atomic E-state index is -0.490. The molecule has 0 atom stereocenters. The third-order valence-corrected chi connectivity index (χ3v) is 3.41. The first-order chi connectivity index (χ1) is 11.0. The normalized spacial score (nSPS) is 12.3. The van der Waals surface area contributed by atoms with Crippen LogP contribution < -0.4 is 16.0 Å². The average molecular weight is 310 g/mol. The van der Waals surface area contributed by atoms with Gasteiger partial charge < -0.3 is 16.0 Å². The number of allylic oxidation sites excluding steroid dienone is 1. The predicted octanol–water partition coefficient (Wildman–Crippen LogP) is 3.72. The molecule has 0 saturated heterocycles. The molecule has 1 aliphatic rings.